The van der Waals surface area contributed by atoms with E-state index in [1.54, 1.807) is 6.07 Å². The van der Waals surface area contributed by atoms with Gasteiger partial charge in [-0.15, -0.1) is 0 Å². The number of aryl methyl sites for hydroxylation is 1. The molecule has 0 saturated carbocycles. The van der Waals surface area contributed by atoms with Crippen LogP contribution in [-0.4, -0.2) is 27.6 Å². The smallest absolute Gasteiger partial charge is 0.224 e. The average molecular weight is 448 g/mol. The fourth-order valence-corrected chi connectivity index (χ4v) is 4.68. The number of nitrogens with zero attached hydrogens (tertiary/aromatic N) is 3. The Labute approximate surface area is 191 Å². The molecule has 1 saturated heterocycles. The van der Waals surface area contributed by atoms with Crippen LogP contribution in [-0.2, 0) is 13.1 Å². The molecule has 5 rings (SSSR count). The maximum atomic E-state index is 13.6. The first-order valence-electron chi connectivity index (χ1n) is 11.4. The standard InChI is InChI=1S/C26H27F2N5/c1-17-21-15-31-26(30-14-18-9-10-22(27)23(28)12-18)32-25(21)33(16-19-6-5-11-29-13-19)24(17)20-7-3-2-4-8-20/h2-4,7-10,12,15,19,29H,5-6,11,13-14,16H2,1H3,(H,30,31,32). The summed E-state index contributed by atoms with van der Waals surface area (Å²) in [4.78, 5) is 9.36. The second-order valence-electron chi connectivity index (χ2n) is 8.70. The lowest BCUT2D eigenvalue weighted by Crippen LogP contribution is -2.32. The van der Waals surface area contributed by atoms with Gasteiger partial charge in [-0.05, 0) is 67.6 Å². The lowest BCUT2D eigenvalue weighted by molar-refractivity contribution is 0.341. The molecule has 0 amide bonds. The summed E-state index contributed by atoms with van der Waals surface area (Å²) >= 11 is 0. The summed E-state index contributed by atoms with van der Waals surface area (Å²) in [5, 5.41) is 7.70. The number of hydrogen-bond acceptors (Lipinski definition) is 4. The first-order chi connectivity index (χ1) is 16.1. The highest BCUT2D eigenvalue weighted by molar-refractivity contribution is 5.89. The number of aromatic nitrogens is 3. The number of rotatable bonds is 6. The van der Waals surface area contributed by atoms with Gasteiger partial charge in [-0.1, -0.05) is 36.4 Å². The van der Waals surface area contributed by atoms with Crippen molar-refractivity contribution >= 4 is 17.0 Å². The Morgan fingerprint density at radius 2 is 1.97 bits per heavy atom. The average Bonchev–Trinajstić information content (AvgIpc) is 3.12. The molecule has 1 aliphatic heterocycles. The summed E-state index contributed by atoms with van der Waals surface area (Å²) < 4.78 is 29.1. The van der Waals surface area contributed by atoms with Crippen LogP contribution >= 0.6 is 0 Å². The minimum absolute atomic E-state index is 0.306. The van der Waals surface area contributed by atoms with E-state index in [1.807, 2.05) is 12.3 Å². The van der Waals surface area contributed by atoms with Gasteiger partial charge in [0.15, 0.2) is 11.6 Å². The van der Waals surface area contributed by atoms with Gasteiger partial charge in [0.05, 0.1) is 5.69 Å². The van der Waals surface area contributed by atoms with Crippen molar-refractivity contribution in [2.45, 2.75) is 32.9 Å². The Kier molecular flexibility index (Phi) is 6.05. The number of hydrogen-bond donors (Lipinski definition) is 2. The molecule has 2 aromatic carbocycles. The van der Waals surface area contributed by atoms with Gasteiger partial charge in [0, 0.05) is 24.7 Å². The lowest BCUT2D eigenvalue weighted by atomic mass is 9.99. The molecular formula is C26H27F2N5. The largest absolute Gasteiger partial charge is 0.350 e. The van der Waals surface area contributed by atoms with Crippen molar-refractivity contribution in [3.05, 3.63) is 77.5 Å². The minimum Gasteiger partial charge on any atom is -0.350 e. The van der Waals surface area contributed by atoms with Crippen LogP contribution in [0.1, 0.15) is 24.0 Å². The Bertz CT molecular complexity index is 1260. The van der Waals surface area contributed by atoms with Gasteiger partial charge in [0.1, 0.15) is 5.65 Å². The fraction of sp³-hybridized carbons (Fsp3) is 0.308. The zero-order chi connectivity index (χ0) is 22.8. The molecule has 1 unspecified atom stereocenters. The second kappa shape index (κ2) is 9.27. The molecule has 3 heterocycles. The van der Waals surface area contributed by atoms with Gasteiger partial charge in [-0.3, -0.25) is 0 Å². The van der Waals surface area contributed by atoms with Crippen molar-refractivity contribution in [1.29, 1.82) is 0 Å². The van der Waals surface area contributed by atoms with E-state index >= 15 is 0 Å². The van der Waals surface area contributed by atoms with E-state index in [2.05, 4.69) is 51.4 Å². The predicted octanol–water partition coefficient (Wildman–Crippen LogP) is 5.30. The molecule has 5 nitrogen and oxygen atoms in total. The molecule has 170 valence electrons. The second-order valence-corrected chi connectivity index (χ2v) is 8.70. The molecule has 0 spiro atoms. The lowest BCUT2D eigenvalue weighted by Gasteiger charge is -2.24. The number of nitrogens with one attached hydrogen (secondary N) is 2. The summed E-state index contributed by atoms with van der Waals surface area (Å²) in [6, 6.07) is 14.3. The summed E-state index contributed by atoms with van der Waals surface area (Å²) in [7, 11) is 0. The Hall–Kier alpha value is -3.32. The Balaban J connectivity index is 1.52. The van der Waals surface area contributed by atoms with Crippen LogP contribution in [0.25, 0.3) is 22.3 Å². The van der Waals surface area contributed by atoms with Crippen LogP contribution in [0.4, 0.5) is 14.7 Å². The molecule has 1 aliphatic rings. The zero-order valence-corrected chi connectivity index (χ0v) is 18.6. The van der Waals surface area contributed by atoms with Crippen LogP contribution < -0.4 is 10.6 Å². The SMILES string of the molecule is Cc1c(-c2ccccc2)n(CC2CCCNC2)c2nc(NCc3ccc(F)c(F)c3)ncc12. The predicted molar refractivity (Wildman–Crippen MR) is 127 cm³/mol. The molecule has 0 bridgehead atoms. The van der Waals surface area contributed by atoms with Gasteiger partial charge in [-0.2, -0.15) is 4.98 Å². The van der Waals surface area contributed by atoms with Crippen molar-refractivity contribution in [2.75, 3.05) is 18.4 Å². The Morgan fingerprint density at radius 1 is 1.12 bits per heavy atom. The van der Waals surface area contributed by atoms with Crippen LogP contribution in [0.3, 0.4) is 0 Å². The number of benzene rings is 2. The molecule has 1 fully saturated rings. The van der Waals surface area contributed by atoms with Crippen LogP contribution in [0.5, 0.6) is 0 Å². The number of anilines is 1. The molecular weight excluding hydrogens is 420 g/mol. The molecule has 0 radical (unpaired) electrons. The van der Waals surface area contributed by atoms with Crippen LogP contribution in [0.2, 0.25) is 0 Å². The van der Waals surface area contributed by atoms with E-state index in [0.29, 0.717) is 24.0 Å². The van der Waals surface area contributed by atoms with Crippen molar-refractivity contribution in [2.24, 2.45) is 5.92 Å². The molecule has 1 atom stereocenters. The summed E-state index contributed by atoms with van der Waals surface area (Å²) in [5.74, 6) is -0.712. The monoisotopic (exact) mass is 447 g/mol. The maximum absolute atomic E-state index is 13.6. The summed E-state index contributed by atoms with van der Waals surface area (Å²) in [6.45, 7) is 5.38. The normalized spacial score (nSPS) is 16.3. The van der Waals surface area contributed by atoms with Crippen molar-refractivity contribution in [1.82, 2.24) is 19.9 Å². The van der Waals surface area contributed by atoms with Gasteiger partial charge in [-0.25, -0.2) is 13.8 Å². The van der Waals surface area contributed by atoms with Crippen LogP contribution in [0.15, 0.2) is 54.7 Å². The minimum atomic E-state index is -0.858. The van der Waals surface area contributed by atoms with E-state index in [0.717, 1.165) is 47.9 Å². The van der Waals surface area contributed by atoms with Crippen molar-refractivity contribution in [3.63, 3.8) is 0 Å². The highest BCUT2D eigenvalue weighted by Crippen LogP contribution is 2.34. The third-order valence-corrected chi connectivity index (χ3v) is 6.38. The number of halogens is 2. The van der Waals surface area contributed by atoms with E-state index in [4.69, 9.17) is 4.98 Å². The van der Waals surface area contributed by atoms with E-state index in [1.165, 1.54) is 24.6 Å². The first kappa shape index (κ1) is 21.5. The fourth-order valence-electron chi connectivity index (χ4n) is 4.68. The summed E-state index contributed by atoms with van der Waals surface area (Å²) in [5.41, 5.74) is 5.01. The summed E-state index contributed by atoms with van der Waals surface area (Å²) in [6.07, 6.45) is 4.22. The topological polar surface area (TPSA) is 54.8 Å². The van der Waals surface area contributed by atoms with Gasteiger partial charge < -0.3 is 15.2 Å². The first-order valence-corrected chi connectivity index (χ1v) is 11.4. The molecule has 0 aliphatic carbocycles. The third kappa shape index (κ3) is 4.46. The molecule has 7 heteroatoms. The molecule has 2 aromatic heterocycles. The third-order valence-electron chi connectivity index (χ3n) is 6.38. The Morgan fingerprint density at radius 3 is 2.73 bits per heavy atom. The molecule has 4 aromatic rings. The molecule has 33 heavy (non-hydrogen) atoms. The number of fused-ring (bicyclic) bond motifs is 1. The quantitative estimate of drug-likeness (QED) is 0.421. The van der Waals surface area contributed by atoms with Crippen molar-refractivity contribution < 1.29 is 8.78 Å². The van der Waals surface area contributed by atoms with Crippen LogP contribution in [0, 0.1) is 24.5 Å². The molecule has 2 N–H and O–H groups in total. The van der Waals surface area contributed by atoms with Gasteiger partial charge in [0.2, 0.25) is 5.95 Å². The van der Waals surface area contributed by atoms with Crippen molar-refractivity contribution in [3.8, 4) is 11.3 Å². The highest BCUT2D eigenvalue weighted by atomic mass is 19.2. The van der Waals surface area contributed by atoms with E-state index in [-0.39, 0.29) is 0 Å². The van der Waals surface area contributed by atoms with E-state index < -0.39 is 11.6 Å². The van der Waals surface area contributed by atoms with Gasteiger partial charge in [0.25, 0.3) is 0 Å². The highest BCUT2D eigenvalue weighted by Gasteiger charge is 2.22. The maximum Gasteiger partial charge on any atom is 0.224 e. The van der Waals surface area contributed by atoms with Gasteiger partial charge >= 0.3 is 0 Å². The zero-order valence-electron chi connectivity index (χ0n) is 18.6. The number of piperidine rings is 1. The van der Waals surface area contributed by atoms with E-state index in [9.17, 15) is 8.78 Å².